The van der Waals surface area contributed by atoms with Crippen LogP contribution in [0.3, 0.4) is 0 Å². The molecule has 0 saturated carbocycles. The van der Waals surface area contributed by atoms with E-state index in [0.29, 0.717) is 36.1 Å². The summed E-state index contributed by atoms with van der Waals surface area (Å²) in [5.41, 5.74) is 0.587. The number of pyridine rings is 1. The summed E-state index contributed by atoms with van der Waals surface area (Å²) in [5.74, 6) is 1.89. The van der Waals surface area contributed by atoms with Crippen LogP contribution in [0.5, 0.6) is 0 Å². The summed E-state index contributed by atoms with van der Waals surface area (Å²) in [6.07, 6.45) is 6.70. The minimum Gasteiger partial charge on any atom is -0.368 e. The molecule has 8 nitrogen and oxygen atoms in total. The Balaban J connectivity index is 1.54. The van der Waals surface area contributed by atoms with Crippen molar-refractivity contribution in [3.05, 3.63) is 60.4 Å². The van der Waals surface area contributed by atoms with Crippen molar-refractivity contribution in [3.8, 4) is 5.82 Å². The third-order valence-corrected chi connectivity index (χ3v) is 3.22. The fourth-order valence-corrected chi connectivity index (χ4v) is 2.14. The molecular weight excluding hydrogens is 306 g/mol. The lowest BCUT2D eigenvalue weighted by Gasteiger charge is -2.09. The molecule has 0 aromatic carbocycles. The zero-order valence-corrected chi connectivity index (χ0v) is 13.2. The van der Waals surface area contributed by atoms with E-state index in [0.717, 1.165) is 0 Å². The normalized spacial score (nSPS) is 10.4. The lowest BCUT2D eigenvalue weighted by Crippen LogP contribution is -2.29. The second-order valence-corrected chi connectivity index (χ2v) is 5.03. The number of aromatic nitrogens is 5. The van der Waals surface area contributed by atoms with Gasteiger partial charge in [0.15, 0.2) is 5.82 Å². The molecule has 3 heterocycles. The van der Waals surface area contributed by atoms with Crippen LogP contribution in [0.4, 0.5) is 5.82 Å². The van der Waals surface area contributed by atoms with Crippen molar-refractivity contribution in [2.45, 2.75) is 6.92 Å². The van der Waals surface area contributed by atoms with Gasteiger partial charge in [-0.25, -0.2) is 14.6 Å². The molecule has 8 heteroatoms. The number of carbonyl (C=O) groups excluding carboxylic acids is 1. The van der Waals surface area contributed by atoms with Crippen LogP contribution in [0.1, 0.15) is 16.2 Å². The highest BCUT2D eigenvalue weighted by atomic mass is 16.1. The van der Waals surface area contributed by atoms with Crippen LogP contribution < -0.4 is 10.6 Å². The Kier molecular flexibility index (Phi) is 4.76. The first-order chi connectivity index (χ1) is 11.7. The first kappa shape index (κ1) is 15.6. The maximum atomic E-state index is 11.9. The summed E-state index contributed by atoms with van der Waals surface area (Å²) in [5, 5.41) is 10.2. The first-order valence-corrected chi connectivity index (χ1v) is 7.50. The highest BCUT2D eigenvalue weighted by molar-refractivity contribution is 5.93. The van der Waals surface area contributed by atoms with Gasteiger partial charge in [-0.15, -0.1) is 0 Å². The summed E-state index contributed by atoms with van der Waals surface area (Å²) in [7, 11) is 0. The van der Waals surface area contributed by atoms with Crippen LogP contribution in [0, 0.1) is 6.92 Å². The fraction of sp³-hybridized carbons (Fsp3) is 0.188. The Labute approximate surface area is 139 Å². The Morgan fingerprint density at radius 1 is 1.17 bits per heavy atom. The molecule has 0 aliphatic carbocycles. The van der Waals surface area contributed by atoms with Crippen molar-refractivity contribution in [2.75, 3.05) is 18.4 Å². The van der Waals surface area contributed by atoms with Gasteiger partial charge in [0.05, 0.1) is 0 Å². The molecule has 122 valence electrons. The number of aryl methyl sites for hydroxylation is 1. The number of nitrogens with one attached hydrogen (secondary N) is 2. The van der Waals surface area contributed by atoms with E-state index in [-0.39, 0.29) is 5.91 Å². The Hall–Kier alpha value is -3.29. The summed E-state index contributed by atoms with van der Waals surface area (Å²) in [6.45, 7) is 2.84. The van der Waals surface area contributed by atoms with Gasteiger partial charge in [0.2, 0.25) is 0 Å². The van der Waals surface area contributed by atoms with E-state index in [1.54, 1.807) is 35.4 Å². The van der Waals surface area contributed by atoms with Crippen molar-refractivity contribution < 1.29 is 4.79 Å². The van der Waals surface area contributed by atoms with Gasteiger partial charge in [0.1, 0.15) is 11.6 Å². The van der Waals surface area contributed by atoms with Gasteiger partial charge >= 0.3 is 0 Å². The van der Waals surface area contributed by atoms with Crippen molar-refractivity contribution in [1.82, 2.24) is 30.0 Å². The number of nitrogens with zero attached hydrogens (tertiary/aromatic N) is 5. The average Bonchev–Trinajstić information content (AvgIpc) is 3.13. The molecule has 0 saturated heterocycles. The second kappa shape index (κ2) is 7.32. The monoisotopic (exact) mass is 323 g/mol. The van der Waals surface area contributed by atoms with Gasteiger partial charge in [-0.1, -0.05) is 0 Å². The number of hydrogen-bond donors (Lipinski definition) is 2. The van der Waals surface area contributed by atoms with Crippen LogP contribution in [-0.2, 0) is 0 Å². The van der Waals surface area contributed by atoms with Gasteiger partial charge in [0, 0.05) is 49.5 Å². The highest BCUT2D eigenvalue weighted by Gasteiger charge is 2.05. The Morgan fingerprint density at radius 2 is 2.00 bits per heavy atom. The zero-order valence-electron chi connectivity index (χ0n) is 13.2. The lowest BCUT2D eigenvalue weighted by atomic mass is 10.2. The number of anilines is 1. The quantitative estimate of drug-likeness (QED) is 0.662. The summed E-state index contributed by atoms with van der Waals surface area (Å²) in [4.78, 5) is 24.5. The summed E-state index contributed by atoms with van der Waals surface area (Å²) in [6, 6.07) is 6.99. The lowest BCUT2D eigenvalue weighted by molar-refractivity contribution is 0.0955. The number of carbonyl (C=O) groups is 1. The van der Waals surface area contributed by atoms with Gasteiger partial charge in [-0.3, -0.25) is 9.78 Å². The highest BCUT2D eigenvalue weighted by Crippen LogP contribution is 2.09. The van der Waals surface area contributed by atoms with Gasteiger partial charge in [0.25, 0.3) is 5.91 Å². The SMILES string of the molecule is Cc1nc(NCCNC(=O)c2ccncc2)cc(-n2cccn2)n1. The van der Waals surface area contributed by atoms with Crippen LogP contribution in [0.25, 0.3) is 5.82 Å². The van der Waals surface area contributed by atoms with E-state index in [2.05, 4.69) is 30.7 Å². The number of rotatable bonds is 6. The standard InChI is InChI=1S/C16H17N7O/c1-12-21-14(11-15(22-12)23-10-2-5-20-23)18-8-9-19-16(24)13-3-6-17-7-4-13/h2-7,10-11H,8-9H2,1H3,(H,19,24)(H,18,21,22). The summed E-state index contributed by atoms with van der Waals surface area (Å²) >= 11 is 0. The fourth-order valence-electron chi connectivity index (χ4n) is 2.14. The minimum absolute atomic E-state index is 0.129. The maximum absolute atomic E-state index is 11.9. The first-order valence-electron chi connectivity index (χ1n) is 7.50. The molecule has 0 atom stereocenters. The number of hydrogen-bond acceptors (Lipinski definition) is 6. The molecule has 3 rings (SSSR count). The van der Waals surface area contributed by atoms with E-state index in [1.807, 2.05) is 25.3 Å². The molecule has 3 aromatic heterocycles. The van der Waals surface area contributed by atoms with Crippen molar-refractivity contribution in [2.24, 2.45) is 0 Å². The molecule has 0 fully saturated rings. The third kappa shape index (κ3) is 3.92. The predicted octanol–water partition coefficient (Wildman–Crippen LogP) is 1.21. The molecule has 24 heavy (non-hydrogen) atoms. The molecule has 0 radical (unpaired) electrons. The molecule has 2 N–H and O–H groups in total. The van der Waals surface area contributed by atoms with Crippen molar-refractivity contribution in [3.63, 3.8) is 0 Å². The van der Waals surface area contributed by atoms with E-state index in [1.165, 1.54) is 0 Å². The molecular formula is C16H17N7O. The molecule has 0 unspecified atom stereocenters. The minimum atomic E-state index is -0.129. The second-order valence-electron chi connectivity index (χ2n) is 5.03. The zero-order chi connectivity index (χ0) is 16.8. The predicted molar refractivity (Wildman–Crippen MR) is 89.0 cm³/mol. The largest absolute Gasteiger partial charge is 0.368 e. The van der Waals surface area contributed by atoms with E-state index >= 15 is 0 Å². The third-order valence-electron chi connectivity index (χ3n) is 3.22. The van der Waals surface area contributed by atoms with Gasteiger partial charge < -0.3 is 10.6 Å². The Morgan fingerprint density at radius 3 is 2.75 bits per heavy atom. The van der Waals surface area contributed by atoms with E-state index < -0.39 is 0 Å². The maximum Gasteiger partial charge on any atom is 0.251 e. The molecule has 0 spiro atoms. The average molecular weight is 323 g/mol. The smallest absolute Gasteiger partial charge is 0.251 e. The van der Waals surface area contributed by atoms with Gasteiger partial charge in [-0.2, -0.15) is 5.10 Å². The molecule has 1 amide bonds. The van der Waals surface area contributed by atoms with Crippen LogP contribution in [0.2, 0.25) is 0 Å². The van der Waals surface area contributed by atoms with Gasteiger partial charge in [-0.05, 0) is 25.1 Å². The van der Waals surface area contributed by atoms with E-state index in [4.69, 9.17) is 0 Å². The molecule has 0 bridgehead atoms. The molecule has 0 aliphatic heterocycles. The number of amides is 1. The van der Waals surface area contributed by atoms with Crippen molar-refractivity contribution in [1.29, 1.82) is 0 Å². The van der Waals surface area contributed by atoms with Crippen molar-refractivity contribution >= 4 is 11.7 Å². The molecule has 0 aliphatic rings. The van der Waals surface area contributed by atoms with Crippen LogP contribution in [0.15, 0.2) is 49.1 Å². The van der Waals surface area contributed by atoms with E-state index in [9.17, 15) is 4.79 Å². The van der Waals surface area contributed by atoms with Crippen LogP contribution >= 0.6 is 0 Å². The Bertz CT molecular complexity index is 803. The summed E-state index contributed by atoms with van der Waals surface area (Å²) < 4.78 is 1.67. The van der Waals surface area contributed by atoms with Crippen LogP contribution in [-0.4, -0.2) is 43.7 Å². The molecule has 3 aromatic rings. The topological polar surface area (TPSA) is 97.6 Å².